The van der Waals surface area contributed by atoms with Crippen molar-refractivity contribution in [1.82, 2.24) is 4.98 Å². The van der Waals surface area contributed by atoms with E-state index in [1.54, 1.807) is 12.4 Å². The number of hydrogen-bond donors (Lipinski definition) is 2. The molecule has 102 valence electrons. The van der Waals surface area contributed by atoms with Gasteiger partial charge in [-0.05, 0) is 55.2 Å². The Kier molecular flexibility index (Phi) is 3.37. The molecule has 20 heavy (non-hydrogen) atoms. The summed E-state index contributed by atoms with van der Waals surface area (Å²) in [6, 6.07) is 7.72. The van der Waals surface area contributed by atoms with Crippen LogP contribution in [-0.4, -0.2) is 17.4 Å². The molecule has 0 atom stereocenters. The van der Waals surface area contributed by atoms with Crippen LogP contribution < -0.4 is 10.6 Å². The van der Waals surface area contributed by atoms with Crippen molar-refractivity contribution in [1.29, 1.82) is 0 Å². The summed E-state index contributed by atoms with van der Waals surface area (Å²) < 4.78 is 0. The molecule has 0 fully saturated rings. The third-order valence-electron chi connectivity index (χ3n) is 3.44. The van der Waals surface area contributed by atoms with Gasteiger partial charge in [0, 0.05) is 24.0 Å². The molecule has 1 aliphatic rings. The molecule has 4 nitrogen and oxygen atoms in total. The van der Waals surface area contributed by atoms with Crippen LogP contribution in [-0.2, 0) is 6.42 Å². The van der Waals surface area contributed by atoms with Gasteiger partial charge in [0.15, 0.2) is 0 Å². The average molecular weight is 267 g/mol. The molecule has 0 bridgehead atoms. The second-order valence-electron chi connectivity index (χ2n) is 5.11. The lowest BCUT2D eigenvalue weighted by Gasteiger charge is -2.18. The van der Waals surface area contributed by atoms with Crippen LogP contribution >= 0.6 is 0 Å². The average Bonchev–Trinajstić information content (AvgIpc) is 2.47. The van der Waals surface area contributed by atoms with E-state index in [1.165, 1.54) is 5.56 Å². The minimum Gasteiger partial charge on any atom is -0.385 e. The fraction of sp³-hybridized carbons (Fsp3) is 0.250. The number of anilines is 2. The second kappa shape index (κ2) is 5.33. The molecule has 1 aromatic carbocycles. The van der Waals surface area contributed by atoms with Crippen molar-refractivity contribution in [3.05, 3.63) is 53.3 Å². The number of benzene rings is 1. The van der Waals surface area contributed by atoms with E-state index < -0.39 is 0 Å². The van der Waals surface area contributed by atoms with Gasteiger partial charge in [0.2, 0.25) is 0 Å². The van der Waals surface area contributed by atoms with Gasteiger partial charge >= 0.3 is 0 Å². The minimum atomic E-state index is -0.0919. The molecule has 2 N–H and O–H groups in total. The maximum absolute atomic E-state index is 12.3. The Morgan fingerprint density at radius 1 is 1.30 bits per heavy atom. The quantitative estimate of drug-likeness (QED) is 0.879. The van der Waals surface area contributed by atoms with Gasteiger partial charge in [0.1, 0.15) is 0 Å². The predicted molar refractivity (Wildman–Crippen MR) is 80.2 cm³/mol. The van der Waals surface area contributed by atoms with Gasteiger partial charge in [-0.25, -0.2) is 0 Å². The highest BCUT2D eigenvalue weighted by molar-refractivity contribution is 6.04. The third kappa shape index (κ3) is 2.64. The molecule has 0 radical (unpaired) electrons. The summed E-state index contributed by atoms with van der Waals surface area (Å²) in [5.74, 6) is -0.0919. The van der Waals surface area contributed by atoms with Crippen LogP contribution in [0, 0.1) is 6.92 Å². The molecule has 1 aliphatic heterocycles. The molecule has 4 heteroatoms. The lowest BCUT2D eigenvalue weighted by atomic mass is 10.0. The third-order valence-corrected chi connectivity index (χ3v) is 3.44. The van der Waals surface area contributed by atoms with Crippen molar-refractivity contribution in [3.8, 4) is 0 Å². The van der Waals surface area contributed by atoms with Crippen LogP contribution in [0.3, 0.4) is 0 Å². The summed E-state index contributed by atoms with van der Waals surface area (Å²) in [7, 11) is 0. The lowest BCUT2D eigenvalue weighted by molar-refractivity contribution is 0.102. The van der Waals surface area contributed by atoms with E-state index in [9.17, 15) is 4.79 Å². The van der Waals surface area contributed by atoms with Crippen LogP contribution in [0.4, 0.5) is 11.4 Å². The molecule has 0 aliphatic carbocycles. The maximum Gasteiger partial charge on any atom is 0.255 e. The fourth-order valence-corrected chi connectivity index (χ4v) is 2.44. The van der Waals surface area contributed by atoms with Crippen LogP contribution in [0.25, 0.3) is 0 Å². The number of aryl methyl sites for hydroxylation is 2. The highest BCUT2D eigenvalue weighted by atomic mass is 16.1. The van der Waals surface area contributed by atoms with E-state index in [-0.39, 0.29) is 5.91 Å². The molecule has 1 aromatic heterocycles. The number of carbonyl (C=O) groups is 1. The molecule has 2 heterocycles. The lowest BCUT2D eigenvalue weighted by Crippen LogP contribution is -2.15. The van der Waals surface area contributed by atoms with Gasteiger partial charge in [0.25, 0.3) is 5.91 Å². The summed E-state index contributed by atoms with van der Waals surface area (Å²) in [6.07, 6.45) is 5.56. The first-order chi connectivity index (χ1) is 9.72. The highest BCUT2D eigenvalue weighted by Crippen LogP contribution is 2.23. The Morgan fingerprint density at radius 2 is 2.20 bits per heavy atom. The predicted octanol–water partition coefficient (Wildman–Crippen LogP) is 3.00. The monoisotopic (exact) mass is 267 g/mol. The van der Waals surface area contributed by atoms with E-state index in [2.05, 4.69) is 15.6 Å². The molecular weight excluding hydrogens is 250 g/mol. The van der Waals surface area contributed by atoms with Crippen molar-refractivity contribution >= 4 is 17.3 Å². The Hall–Kier alpha value is -2.36. The van der Waals surface area contributed by atoms with Crippen LogP contribution in [0.1, 0.15) is 27.9 Å². The molecule has 1 amide bonds. The van der Waals surface area contributed by atoms with Gasteiger partial charge in [-0.15, -0.1) is 0 Å². The van der Waals surface area contributed by atoms with Gasteiger partial charge in [-0.1, -0.05) is 0 Å². The molecule has 3 rings (SSSR count). The van der Waals surface area contributed by atoms with Crippen molar-refractivity contribution in [2.45, 2.75) is 19.8 Å². The second-order valence-corrected chi connectivity index (χ2v) is 5.11. The van der Waals surface area contributed by atoms with E-state index in [4.69, 9.17) is 0 Å². The summed E-state index contributed by atoms with van der Waals surface area (Å²) in [5, 5.41) is 6.23. The first kappa shape index (κ1) is 12.7. The number of amides is 1. The first-order valence-corrected chi connectivity index (χ1v) is 6.82. The fourth-order valence-electron chi connectivity index (χ4n) is 2.44. The zero-order chi connectivity index (χ0) is 13.9. The highest BCUT2D eigenvalue weighted by Gasteiger charge is 2.12. The van der Waals surface area contributed by atoms with Crippen LogP contribution in [0.2, 0.25) is 0 Å². The largest absolute Gasteiger partial charge is 0.385 e. The topological polar surface area (TPSA) is 54.0 Å². The molecule has 0 unspecified atom stereocenters. The van der Waals surface area contributed by atoms with Gasteiger partial charge in [-0.2, -0.15) is 0 Å². The van der Waals surface area contributed by atoms with Gasteiger partial charge in [0.05, 0.1) is 11.9 Å². The van der Waals surface area contributed by atoms with E-state index in [1.807, 2.05) is 31.2 Å². The van der Waals surface area contributed by atoms with Crippen molar-refractivity contribution < 1.29 is 4.79 Å². The van der Waals surface area contributed by atoms with Gasteiger partial charge in [-0.3, -0.25) is 9.78 Å². The van der Waals surface area contributed by atoms with Crippen LogP contribution in [0.15, 0.2) is 36.7 Å². The van der Waals surface area contributed by atoms with Crippen LogP contribution in [0.5, 0.6) is 0 Å². The standard InChI is InChI=1S/C16H17N3O/c1-11-7-14(10-17-9-11)19-16(20)13-4-5-15-12(8-13)3-2-6-18-15/h4-5,7-10,18H,2-3,6H2,1H3,(H,19,20). The Balaban J connectivity index is 1.80. The Bertz CT molecular complexity index is 652. The summed E-state index contributed by atoms with van der Waals surface area (Å²) in [4.78, 5) is 16.3. The van der Waals surface area contributed by atoms with Crippen molar-refractivity contribution in [2.24, 2.45) is 0 Å². The normalized spacial score (nSPS) is 13.2. The number of nitrogens with zero attached hydrogens (tertiary/aromatic N) is 1. The maximum atomic E-state index is 12.3. The molecule has 0 spiro atoms. The van der Waals surface area contributed by atoms with Crippen molar-refractivity contribution in [3.63, 3.8) is 0 Å². The van der Waals surface area contributed by atoms with E-state index in [0.29, 0.717) is 5.56 Å². The van der Waals surface area contributed by atoms with E-state index in [0.717, 1.165) is 36.3 Å². The summed E-state index contributed by atoms with van der Waals surface area (Å²) in [5.41, 5.74) is 4.80. The number of rotatable bonds is 2. The summed E-state index contributed by atoms with van der Waals surface area (Å²) >= 11 is 0. The Morgan fingerprint density at radius 3 is 3.05 bits per heavy atom. The molecule has 0 saturated heterocycles. The number of fused-ring (bicyclic) bond motifs is 1. The zero-order valence-electron chi connectivity index (χ0n) is 11.4. The van der Waals surface area contributed by atoms with Gasteiger partial charge < -0.3 is 10.6 Å². The molecular formula is C16H17N3O. The number of nitrogens with one attached hydrogen (secondary N) is 2. The summed E-state index contributed by atoms with van der Waals surface area (Å²) in [6.45, 7) is 2.96. The number of aromatic nitrogens is 1. The first-order valence-electron chi connectivity index (χ1n) is 6.82. The van der Waals surface area contributed by atoms with E-state index >= 15 is 0 Å². The number of hydrogen-bond acceptors (Lipinski definition) is 3. The molecule has 2 aromatic rings. The molecule has 0 saturated carbocycles. The smallest absolute Gasteiger partial charge is 0.255 e. The van der Waals surface area contributed by atoms with Crippen molar-refractivity contribution in [2.75, 3.05) is 17.2 Å². The number of carbonyl (C=O) groups excluding carboxylic acids is 1. The SMILES string of the molecule is Cc1cncc(NC(=O)c2ccc3c(c2)CCCN3)c1. The number of pyridine rings is 1. The Labute approximate surface area is 118 Å². The zero-order valence-corrected chi connectivity index (χ0v) is 11.4. The minimum absolute atomic E-state index is 0.0919.